The summed E-state index contributed by atoms with van der Waals surface area (Å²) in [6.45, 7) is 4.60. The third-order valence-electron chi connectivity index (χ3n) is 7.09. The Kier molecular flexibility index (Phi) is 5.29. The predicted molar refractivity (Wildman–Crippen MR) is 118 cm³/mol. The molecule has 0 aromatic heterocycles. The number of para-hydroxylation sites is 1. The topological polar surface area (TPSA) is 6.25 Å². The monoisotopic (exact) mass is 426 g/mol. The van der Waals surface area contributed by atoms with Crippen LogP contribution < -0.4 is 17.3 Å². The lowest BCUT2D eigenvalue weighted by molar-refractivity contribution is -0.475. The number of nitrogens with zero attached hydrogens (tertiary/aromatic N) is 2. The van der Waals surface area contributed by atoms with Crippen LogP contribution in [0.3, 0.4) is 0 Å². The smallest absolute Gasteiger partial charge is 0.209 e. The van der Waals surface area contributed by atoms with Crippen LogP contribution in [0.2, 0.25) is 5.02 Å². The average molecular weight is 427 g/mol. The molecule has 2 nitrogen and oxygen atoms in total. The van der Waals surface area contributed by atoms with E-state index in [1.807, 2.05) is 6.07 Å². The van der Waals surface area contributed by atoms with Gasteiger partial charge in [-0.25, -0.2) is 0 Å². The van der Waals surface area contributed by atoms with E-state index >= 15 is 0 Å². The molecule has 1 fully saturated rings. The van der Waals surface area contributed by atoms with Crippen molar-refractivity contribution in [2.75, 3.05) is 11.9 Å². The van der Waals surface area contributed by atoms with E-state index in [2.05, 4.69) is 79.1 Å². The van der Waals surface area contributed by atoms with Gasteiger partial charge in [-0.2, -0.15) is 4.58 Å². The van der Waals surface area contributed by atoms with Crippen molar-refractivity contribution in [3.63, 3.8) is 0 Å². The largest absolute Gasteiger partial charge is 1.00 e. The Labute approximate surface area is 185 Å². The van der Waals surface area contributed by atoms with Crippen molar-refractivity contribution >= 4 is 29.2 Å². The highest BCUT2D eigenvalue weighted by Crippen LogP contribution is 2.48. The van der Waals surface area contributed by atoms with Crippen LogP contribution in [-0.2, 0) is 5.41 Å². The lowest BCUT2D eigenvalue weighted by Crippen LogP contribution is -3.00. The second kappa shape index (κ2) is 7.49. The molecular weight excluding hydrogens is 399 g/mol. The van der Waals surface area contributed by atoms with Crippen molar-refractivity contribution in [3.05, 3.63) is 70.4 Å². The lowest BCUT2D eigenvalue weighted by atomic mass is 9.82. The van der Waals surface area contributed by atoms with Gasteiger partial charge in [0.05, 0.1) is 5.92 Å². The van der Waals surface area contributed by atoms with Crippen molar-refractivity contribution in [1.29, 1.82) is 0 Å². The molecule has 5 rings (SSSR count). The maximum atomic E-state index is 6.31. The second-order valence-electron chi connectivity index (χ2n) is 8.97. The minimum atomic E-state index is -0.0588. The summed E-state index contributed by atoms with van der Waals surface area (Å²) >= 11 is 6.31. The fourth-order valence-corrected chi connectivity index (χ4v) is 5.84. The Morgan fingerprint density at radius 2 is 1.86 bits per heavy atom. The molecule has 152 valence electrons. The molecule has 2 aliphatic heterocycles. The Morgan fingerprint density at radius 3 is 2.69 bits per heavy atom. The van der Waals surface area contributed by atoms with Crippen LogP contribution in [0.15, 0.2) is 54.2 Å². The SMILES string of the molecule is CN1/C(=C\C=[N+]2c3ccccc3C3CCCCC32)C(C)(C)c2cc(Cl)ccc21.[Cl-]. The molecule has 0 N–H and O–H groups in total. The molecule has 0 radical (unpaired) electrons. The standard InChI is InChI=1S/C25H28ClN2.ClH/c1-25(2)20-16-17(26)12-13-23(20)27(3)24(25)14-15-28-21-10-6-4-8-18(21)19-9-5-7-11-22(19)28;/h4,6,8,10,12-16,19,22H,5,7,9,11H2,1-3H3;1H/q+1;/p-1. The molecule has 0 spiro atoms. The zero-order valence-corrected chi connectivity index (χ0v) is 18.8. The van der Waals surface area contributed by atoms with Gasteiger partial charge in [-0.05, 0) is 36.6 Å². The molecule has 0 saturated heterocycles. The Hall–Kier alpha value is -1.77. The first kappa shape index (κ1) is 20.5. The first-order valence-corrected chi connectivity index (χ1v) is 10.8. The van der Waals surface area contributed by atoms with E-state index in [0.717, 1.165) is 5.02 Å². The zero-order chi connectivity index (χ0) is 19.5. The highest BCUT2D eigenvalue weighted by atomic mass is 35.5. The van der Waals surface area contributed by atoms with E-state index in [0.29, 0.717) is 12.0 Å². The van der Waals surface area contributed by atoms with Crippen LogP contribution in [0, 0.1) is 0 Å². The van der Waals surface area contributed by atoms with Gasteiger partial charge in [0.2, 0.25) is 5.69 Å². The van der Waals surface area contributed by atoms with Gasteiger partial charge in [0.1, 0.15) is 0 Å². The van der Waals surface area contributed by atoms with E-state index in [1.54, 1.807) is 0 Å². The minimum Gasteiger partial charge on any atom is -1.00 e. The molecule has 2 aromatic rings. The van der Waals surface area contributed by atoms with E-state index in [-0.39, 0.29) is 17.8 Å². The summed E-state index contributed by atoms with van der Waals surface area (Å²) in [6.07, 6.45) is 9.98. The number of hydrogen-bond acceptors (Lipinski definition) is 1. The van der Waals surface area contributed by atoms with Crippen LogP contribution in [0.1, 0.15) is 56.6 Å². The number of rotatable bonds is 1. The summed E-state index contributed by atoms with van der Waals surface area (Å²) in [5.41, 5.74) is 6.76. The molecule has 1 saturated carbocycles. The van der Waals surface area contributed by atoms with Crippen LogP contribution in [-0.4, -0.2) is 23.9 Å². The van der Waals surface area contributed by atoms with Gasteiger partial charge in [-0.1, -0.05) is 50.1 Å². The van der Waals surface area contributed by atoms with Crippen LogP contribution in [0.4, 0.5) is 11.4 Å². The third kappa shape index (κ3) is 3.12. The van der Waals surface area contributed by atoms with E-state index in [4.69, 9.17) is 11.6 Å². The van der Waals surface area contributed by atoms with E-state index in [1.165, 1.54) is 53.9 Å². The predicted octanol–water partition coefficient (Wildman–Crippen LogP) is 3.41. The average Bonchev–Trinajstić information content (AvgIpc) is 3.10. The van der Waals surface area contributed by atoms with E-state index < -0.39 is 0 Å². The lowest BCUT2D eigenvalue weighted by Gasteiger charge is -2.24. The number of hydrogen-bond donors (Lipinski definition) is 0. The van der Waals surface area contributed by atoms with Crippen LogP contribution in [0.25, 0.3) is 0 Å². The maximum Gasteiger partial charge on any atom is 0.209 e. The van der Waals surface area contributed by atoms with Crippen molar-refractivity contribution in [1.82, 2.24) is 0 Å². The van der Waals surface area contributed by atoms with Crippen molar-refractivity contribution in [3.8, 4) is 0 Å². The number of likely N-dealkylation sites (N-methyl/N-ethyl adjacent to an activating group) is 1. The normalized spacial score (nSPS) is 26.8. The molecule has 3 aliphatic rings. The Morgan fingerprint density at radius 1 is 1.10 bits per heavy atom. The van der Waals surface area contributed by atoms with Gasteiger partial charge in [-0.15, -0.1) is 0 Å². The first-order chi connectivity index (χ1) is 13.5. The summed E-state index contributed by atoms with van der Waals surface area (Å²) in [5.74, 6) is 0.685. The van der Waals surface area contributed by atoms with E-state index in [9.17, 15) is 0 Å². The van der Waals surface area contributed by atoms with Crippen molar-refractivity contribution in [2.24, 2.45) is 0 Å². The van der Waals surface area contributed by atoms with Crippen molar-refractivity contribution in [2.45, 2.75) is 56.9 Å². The summed E-state index contributed by atoms with van der Waals surface area (Å²) in [5, 5.41) is 0.809. The summed E-state index contributed by atoms with van der Waals surface area (Å²) in [7, 11) is 2.17. The maximum absolute atomic E-state index is 6.31. The molecule has 2 unspecified atom stereocenters. The number of benzene rings is 2. The Bertz CT molecular complexity index is 1010. The second-order valence-corrected chi connectivity index (χ2v) is 9.41. The van der Waals surface area contributed by atoms with Crippen molar-refractivity contribution < 1.29 is 17.0 Å². The molecule has 4 heteroatoms. The van der Waals surface area contributed by atoms with Gasteiger partial charge >= 0.3 is 0 Å². The zero-order valence-electron chi connectivity index (χ0n) is 17.3. The van der Waals surface area contributed by atoms with Gasteiger partial charge in [0, 0.05) is 53.0 Å². The number of anilines is 1. The minimum absolute atomic E-state index is 0. The summed E-state index contributed by atoms with van der Waals surface area (Å²) in [6, 6.07) is 15.9. The molecule has 0 bridgehead atoms. The molecular formula is C25H28Cl2N2. The van der Waals surface area contributed by atoms with Gasteiger partial charge in [-0.3, -0.25) is 0 Å². The molecule has 2 aromatic carbocycles. The van der Waals surface area contributed by atoms with Gasteiger partial charge in [0.15, 0.2) is 12.3 Å². The number of allylic oxidation sites excluding steroid dienone is 2. The van der Waals surface area contributed by atoms with Gasteiger partial charge in [0.25, 0.3) is 0 Å². The van der Waals surface area contributed by atoms with Crippen LogP contribution in [0.5, 0.6) is 0 Å². The third-order valence-corrected chi connectivity index (χ3v) is 7.32. The number of fused-ring (bicyclic) bond motifs is 4. The molecule has 1 aliphatic carbocycles. The fraction of sp³-hybridized carbons (Fsp3) is 0.400. The number of halogens is 2. The fourth-order valence-electron chi connectivity index (χ4n) is 5.67. The summed E-state index contributed by atoms with van der Waals surface area (Å²) < 4.78 is 2.55. The molecule has 2 atom stereocenters. The molecule has 0 amide bonds. The Balaban J connectivity index is 0.00000205. The first-order valence-electron chi connectivity index (χ1n) is 10.4. The molecule has 2 heterocycles. The molecule has 29 heavy (non-hydrogen) atoms. The highest BCUT2D eigenvalue weighted by molar-refractivity contribution is 6.30. The highest BCUT2D eigenvalue weighted by Gasteiger charge is 2.44. The summed E-state index contributed by atoms with van der Waals surface area (Å²) in [4.78, 5) is 2.32. The van der Waals surface area contributed by atoms with Gasteiger partial charge < -0.3 is 17.3 Å². The quantitative estimate of drug-likeness (QED) is 0.633. The van der Waals surface area contributed by atoms with Crippen LogP contribution >= 0.6 is 11.6 Å².